The zero-order valence-electron chi connectivity index (χ0n) is 29.2. The molecule has 2 heterocycles. The predicted molar refractivity (Wildman–Crippen MR) is 189 cm³/mol. The Balaban J connectivity index is 1.44. The van der Waals surface area contributed by atoms with Crippen molar-refractivity contribution in [3.8, 4) is 5.75 Å². The van der Waals surface area contributed by atoms with Crippen LogP contribution < -0.4 is 9.64 Å². The molecule has 0 bridgehead atoms. The van der Waals surface area contributed by atoms with Gasteiger partial charge >= 0.3 is 0 Å². The van der Waals surface area contributed by atoms with E-state index >= 15 is 0 Å². The fourth-order valence-electron chi connectivity index (χ4n) is 6.25. The molecule has 0 aliphatic carbocycles. The molecular formula is C36H48N2O10S2. The highest BCUT2D eigenvalue weighted by Crippen LogP contribution is 2.39. The molecule has 1 saturated heterocycles. The Morgan fingerprint density at radius 2 is 1.58 bits per heavy atom. The highest BCUT2D eigenvalue weighted by atomic mass is 32.2. The number of hydrogen-bond donors (Lipinski definition) is 0. The first-order chi connectivity index (χ1) is 24.0. The lowest BCUT2D eigenvalue weighted by Gasteiger charge is -2.42. The molecule has 3 aromatic carbocycles. The van der Waals surface area contributed by atoms with Gasteiger partial charge in [-0.25, -0.2) is 12.6 Å². The first kappa shape index (κ1) is 38.2. The van der Waals surface area contributed by atoms with E-state index in [1.807, 2.05) is 49.4 Å². The zero-order valence-corrected chi connectivity index (χ0v) is 30.8. The number of rotatable bonds is 17. The van der Waals surface area contributed by atoms with Crippen LogP contribution in [0.1, 0.15) is 41.0 Å². The number of piperidine rings is 1. The summed E-state index contributed by atoms with van der Waals surface area (Å²) >= 11 is 0. The fourth-order valence-corrected chi connectivity index (χ4v) is 8.43. The minimum Gasteiger partial charge on any atom is -0.490 e. The van der Waals surface area contributed by atoms with E-state index in [-0.39, 0.29) is 30.4 Å². The number of nitrogens with zero attached hydrogens (tertiary/aromatic N) is 2. The lowest BCUT2D eigenvalue weighted by Crippen LogP contribution is -2.53. The molecule has 3 aromatic rings. The monoisotopic (exact) mass is 732 g/mol. The molecule has 1 fully saturated rings. The summed E-state index contributed by atoms with van der Waals surface area (Å²) in [5.41, 5.74) is 4.59. The third kappa shape index (κ3) is 10.0. The van der Waals surface area contributed by atoms with Gasteiger partial charge in [-0.15, -0.1) is 0 Å². The van der Waals surface area contributed by atoms with Crippen LogP contribution in [0.15, 0.2) is 71.6 Å². The Morgan fingerprint density at radius 3 is 2.28 bits per heavy atom. The summed E-state index contributed by atoms with van der Waals surface area (Å²) in [6.07, 6.45) is -0.0561. The van der Waals surface area contributed by atoms with Gasteiger partial charge in [0, 0.05) is 39.8 Å². The van der Waals surface area contributed by atoms with Crippen molar-refractivity contribution in [2.75, 3.05) is 71.4 Å². The molecule has 0 amide bonds. The predicted octanol–water partition coefficient (Wildman–Crippen LogP) is 4.46. The van der Waals surface area contributed by atoms with Crippen LogP contribution in [0.5, 0.6) is 5.75 Å². The Bertz CT molecular complexity index is 1750. The fraction of sp³-hybridized carbons (Fsp3) is 0.500. The number of methoxy groups -OCH3 is 2. The van der Waals surface area contributed by atoms with E-state index in [0.29, 0.717) is 33.0 Å². The summed E-state index contributed by atoms with van der Waals surface area (Å²) in [7, 11) is -4.89. The maximum Gasteiger partial charge on any atom is 0.265 e. The Hall–Kier alpha value is -3.08. The average Bonchev–Trinajstić information content (AvgIpc) is 3.09. The molecule has 0 N–H and O–H groups in total. The van der Waals surface area contributed by atoms with Crippen molar-refractivity contribution >= 4 is 25.8 Å². The molecule has 5 rings (SSSR count). The zero-order chi connectivity index (χ0) is 35.7. The average molecular weight is 733 g/mol. The minimum atomic E-state index is -4.17. The minimum absolute atomic E-state index is 0.0449. The van der Waals surface area contributed by atoms with Gasteiger partial charge in [0.25, 0.3) is 10.1 Å². The van der Waals surface area contributed by atoms with Crippen LogP contribution in [0.4, 0.5) is 5.69 Å². The summed E-state index contributed by atoms with van der Waals surface area (Å²) in [4.78, 5) is 2.32. The van der Waals surface area contributed by atoms with Gasteiger partial charge in [0.15, 0.2) is 0 Å². The second-order valence-electron chi connectivity index (χ2n) is 12.6. The largest absolute Gasteiger partial charge is 0.490 e. The second kappa shape index (κ2) is 17.4. The van der Waals surface area contributed by atoms with Crippen molar-refractivity contribution in [1.82, 2.24) is 4.31 Å². The Kier molecular flexibility index (Phi) is 13.3. The maximum absolute atomic E-state index is 14.1. The quantitative estimate of drug-likeness (QED) is 0.144. The highest BCUT2D eigenvalue weighted by molar-refractivity contribution is 7.89. The summed E-state index contributed by atoms with van der Waals surface area (Å²) in [6, 6.07) is 20.2. The molecule has 0 unspecified atom stereocenters. The number of aryl methyl sites for hydroxylation is 1. The van der Waals surface area contributed by atoms with Gasteiger partial charge < -0.3 is 28.6 Å². The van der Waals surface area contributed by atoms with Gasteiger partial charge in [0.05, 0.1) is 55.9 Å². The van der Waals surface area contributed by atoms with Gasteiger partial charge in [-0.05, 0) is 60.7 Å². The van der Waals surface area contributed by atoms with Crippen molar-refractivity contribution in [3.63, 3.8) is 0 Å². The maximum atomic E-state index is 14.1. The van der Waals surface area contributed by atoms with E-state index in [9.17, 15) is 16.8 Å². The molecule has 12 nitrogen and oxygen atoms in total. The van der Waals surface area contributed by atoms with E-state index in [1.54, 1.807) is 26.4 Å². The van der Waals surface area contributed by atoms with Crippen molar-refractivity contribution in [2.45, 2.75) is 56.1 Å². The first-order valence-electron chi connectivity index (χ1n) is 16.7. The summed E-state index contributed by atoms with van der Waals surface area (Å²) in [6.45, 7) is 6.13. The van der Waals surface area contributed by atoms with E-state index < -0.39 is 32.5 Å². The Morgan fingerprint density at radius 1 is 0.860 bits per heavy atom. The molecule has 14 heteroatoms. The van der Waals surface area contributed by atoms with Crippen molar-refractivity contribution < 1.29 is 44.7 Å². The lowest BCUT2D eigenvalue weighted by atomic mass is 9.86. The number of hydrogen-bond acceptors (Lipinski definition) is 11. The number of ether oxygens (including phenoxy) is 5. The van der Waals surface area contributed by atoms with Crippen LogP contribution in [0.25, 0.3) is 0 Å². The van der Waals surface area contributed by atoms with Gasteiger partial charge in [-0.1, -0.05) is 48.0 Å². The molecular weight excluding hydrogens is 685 g/mol. The molecule has 2 aliphatic heterocycles. The van der Waals surface area contributed by atoms with Crippen LogP contribution in [0, 0.1) is 6.92 Å². The van der Waals surface area contributed by atoms with Crippen molar-refractivity contribution in [2.24, 2.45) is 0 Å². The number of sulfonamides is 1. The van der Waals surface area contributed by atoms with E-state index in [0.717, 1.165) is 63.8 Å². The van der Waals surface area contributed by atoms with E-state index in [2.05, 4.69) is 4.90 Å². The summed E-state index contributed by atoms with van der Waals surface area (Å²) < 4.78 is 88.3. The standard InChI is InChI=1S/C36H48N2O10S2/c1-27-6-13-31(14-7-27)50(41,42)38-24-35(47-26-29-10-15-34-33(22-29)37(17-19-46-34)16-5-18-43-2)32(23-36(38)48-49(4,39)40)30-11-8-28(9-12-30)25-45-21-20-44-3/h6-15,22,32,35-36H,5,16-21,23-26H2,1-4H3/t32-,35+,36+/m1/s1. The van der Waals surface area contributed by atoms with E-state index in [4.69, 9.17) is 27.9 Å². The van der Waals surface area contributed by atoms with E-state index in [1.165, 1.54) is 12.1 Å². The smallest absolute Gasteiger partial charge is 0.265 e. The number of anilines is 1. The van der Waals surface area contributed by atoms with Crippen LogP contribution in [-0.4, -0.2) is 100 Å². The number of benzene rings is 3. The van der Waals surface area contributed by atoms with Crippen molar-refractivity contribution in [1.29, 1.82) is 0 Å². The van der Waals surface area contributed by atoms with Crippen molar-refractivity contribution in [3.05, 3.63) is 89.0 Å². The SMILES string of the molecule is COCCCN1CCOc2ccc(CO[C@H]3CN(S(=O)(=O)c4ccc(C)cc4)[C@@H](OS(C)(=O)=O)C[C@@H]3c3ccc(COCCOC)cc3)cc21. The first-order valence-corrected chi connectivity index (χ1v) is 20.0. The highest BCUT2D eigenvalue weighted by Gasteiger charge is 2.45. The molecule has 0 spiro atoms. The van der Waals surface area contributed by atoms with Gasteiger partial charge in [-0.2, -0.15) is 12.7 Å². The lowest BCUT2D eigenvalue weighted by molar-refractivity contribution is -0.0566. The molecule has 274 valence electrons. The van der Waals surface area contributed by atoms with Crippen LogP contribution >= 0.6 is 0 Å². The second-order valence-corrected chi connectivity index (χ2v) is 16.1. The third-order valence-corrected chi connectivity index (χ3v) is 11.3. The van der Waals surface area contributed by atoms with Gasteiger partial charge in [-0.3, -0.25) is 0 Å². The molecule has 3 atom stereocenters. The van der Waals surface area contributed by atoms with Gasteiger partial charge in [0.1, 0.15) is 18.6 Å². The molecule has 0 saturated carbocycles. The molecule has 0 radical (unpaired) electrons. The normalized spacial score (nSPS) is 20.0. The van der Waals surface area contributed by atoms with Crippen LogP contribution in [0.2, 0.25) is 0 Å². The Labute approximate surface area is 296 Å². The topological polar surface area (TPSA) is 130 Å². The van der Waals surface area contributed by atoms with Crippen LogP contribution in [0.3, 0.4) is 0 Å². The summed E-state index contributed by atoms with van der Waals surface area (Å²) in [5.74, 6) is 0.413. The molecule has 2 aliphatic rings. The summed E-state index contributed by atoms with van der Waals surface area (Å²) in [5, 5.41) is 0. The third-order valence-electron chi connectivity index (χ3n) is 8.83. The molecule has 50 heavy (non-hydrogen) atoms. The molecule has 0 aromatic heterocycles. The van der Waals surface area contributed by atoms with Gasteiger partial charge in [0.2, 0.25) is 10.0 Å². The van der Waals surface area contributed by atoms with Crippen LogP contribution in [-0.2, 0) is 56.5 Å². The number of fused-ring (bicyclic) bond motifs is 1.